The van der Waals surface area contributed by atoms with E-state index in [0.717, 1.165) is 11.1 Å². The van der Waals surface area contributed by atoms with E-state index in [1.807, 2.05) is 30.3 Å². The molecule has 1 aromatic carbocycles. The predicted octanol–water partition coefficient (Wildman–Crippen LogP) is 2.16. The first kappa shape index (κ1) is 11.1. The van der Waals surface area contributed by atoms with Crippen LogP contribution in [0.2, 0.25) is 0 Å². The van der Waals surface area contributed by atoms with E-state index in [-0.39, 0.29) is 11.5 Å². The summed E-state index contributed by atoms with van der Waals surface area (Å²) in [5.41, 5.74) is 7.64. The van der Waals surface area contributed by atoms with Crippen molar-refractivity contribution >= 4 is 11.5 Å². The lowest BCUT2D eigenvalue weighted by Crippen LogP contribution is -2.03. The second-order valence-electron chi connectivity index (χ2n) is 3.63. The van der Waals surface area contributed by atoms with Gasteiger partial charge in [-0.05, 0) is 33.5 Å². The zero-order chi connectivity index (χ0) is 12.3. The van der Waals surface area contributed by atoms with E-state index in [1.54, 1.807) is 6.07 Å². The summed E-state index contributed by atoms with van der Waals surface area (Å²) in [5.74, 6) is -0.279. The summed E-state index contributed by atoms with van der Waals surface area (Å²) >= 11 is 0. The summed E-state index contributed by atoms with van der Waals surface area (Å²) in [7, 11) is 0. The van der Waals surface area contributed by atoms with Gasteiger partial charge in [0.05, 0.1) is 0 Å². The fourth-order valence-electron chi connectivity index (χ4n) is 1.62. The lowest BCUT2D eigenvalue weighted by molar-refractivity contribution is -0.388. The van der Waals surface area contributed by atoms with E-state index in [2.05, 4.69) is 4.98 Å². The van der Waals surface area contributed by atoms with E-state index in [4.69, 9.17) is 5.73 Å². The minimum atomic E-state index is -0.566. The molecule has 0 radical (unpaired) electrons. The molecule has 0 spiro atoms. The van der Waals surface area contributed by atoms with Gasteiger partial charge in [-0.1, -0.05) is 30.3 Å². The molecule has 86 valence electrons. The Balaban J connectivity index is 2.34. The van der Waals surface area contributed by atoms with Crippen LogP contribution in [0.3, 0.4) is 0 Å². The first-order valence-corrected chi connectivity index (χ1v) is 5.10. The number of rotatable bonds is 3. The molecule has 0 amide bonds. The molecule has 0 saturated heterocycles. The van der Waals surface area contributed by atoms with Gasteiger partial charge < -0.3 is 15.8 Å². The van der Waals surface area contributed by atoms with Crippen molar-refractivity contribution < 1.29 is 4.92 Å². The quantitative estimate of drug-likeness (QED) is 0.645. The Labute approximate surface area is 98.1 Å². The van der Waals surface area contributed by atoms with Crippen LogP contribution >= 0.6 is 0 Å². The standard InChI is InChI=1S/C12H11N3O2/c13-11-10(6-7-14-12(11)15(16)17)8-9-4-2-1-3-5-9/h1-7H,8,13H2. The van der Waals surface area contributed by atoms with Gasteiger partial charge in [0.2, 0.25) is 0 Å². The first-order valence-electron chi connectivity index (χ1n) is 5.10. The van der Waals surface area contributed by atoms with Gasteiger partial charge in [0.25, 0.3) is 0 Å². The van der Waals surface area contributed by atoms with Gasteiger partial charge >= 0.3 is 5.82 Å². The molecule has 2 aromatic rings. The molecule has 0 fully saturated rings. The monoisotopic (exact) mass is 229 g/mol. The molecule has 17 heavy (non-hydrogen) atoms. The highest BCUT2D eigenvalue weighted by Gasteiger charge is 2.15. The molecule has 1 heterocycles. The smallest absolute Gasteiger partial charge is 0.386 e. The van der Waals surface area contributed by atoms with Crippen molar-refractivity contribution in [3.63, 3.8) is 0 Å². The molecule has 0 unspecified atom stereocenters. The minimum absolute atomic E-state index is 0.140. The summed E-state index contributed by atoms with van der Waals surface area (Å²) < 4.78 is 0. The molecular formula is C12H11N3O2. The van der Waals surface area contributed by atoms with E-state index in [0.29, 0.717) is 6.42 Å². The number of anilines is 1. The molecule has 5 nitrogen and oxygen atoms in total. The van der Waals surface area contributed by atoms with Gasteiger partial charge in [-0.3, -0.25) is 0 Å². The third-order valence-electron chi connectivity index (χ3n) is 2.47. The molecule has 2 rings (SSSR count). The van der Waals surface area contributed by atoms with Gasteiger partial charge in [0.15, 0.2) is 0 Å². The largest absolute Gasteiger partial charge is 0.392 e. The van der Waals surface area contributed by atoms with Crippen molar-refractivity contribution in [1.29, 1.82) is 0 Å². The predicted molar refractivity (Wildman–Crippen MR) is 64.6 cm³/mol. The average Bonchev–Trinajstić information content (AvgIpc) is 2.33. The Morgan fingerprint density at radius 3 is 2.59 bits per heavy atom. The summed E-state index contributed by atoms with van der Waals surface area (Å²) in [6.07, 6.45) is 1.97. The Bertz CT molecular complexity index is 541. The van der Waals surface area contributed by atoms with Gasteiger partial charge in [-0.15, -0.1) is 0 Å². The summed E-state index contributed by atoms with van der Waals surface area (Å²) in [6.45, 7) is 0. The van der Waals surface area contributed by atoms with Crippen LogP contribution in [0.4, 0.5) is 11.5 Å². The molecule has 0 saturated carbocycles. The van der Waals surface area contributed by atoms with Gasteiger partial charge in [-0.25, -0.2) is 0 Å². The van der Waals surface area contributed by atoms with Crippen LogP contribution in [-0.4, -0.2) is 9.91 Å². The maximum absolute atomic E-state index is 10.7. The molecular weight excluding hydrogens is 218 g/mol. The maximum atomic E-state index is 10.7. The molecule has 0 atom stereocenters. The number of nitrogens with two attached hydrogens (primary N) is 1. The van der Waals surface area contributed by atoms with Crippen LogP contribution in [0.15, 0.2) is 42.6 Å². The van der Waals surface area contributed by atoms with Crippen molar-refractivity contribution in [2.75, 3.05) is 5.73 Å². The summed E-state index contributed by atoms with van der Waals surface area (Å²) in [4.78, 5) is 13.8. The van der Waals surface area contributed by atoms with Gasteiger partial charge in [0.1, 0.15) is 11.9 Å². The number of pyridine rings is 1. The Morgan fingerprint density at radius 1 is 1.24 bits per heavy atom. The van der Waals surface area contributed by atoms with E-state index in [9.17, 15) is 10.1 Å². The zero-order valence-electron chi connectivity index (χ0n) is 9.04. The normalized spacial score (nSPS) is 10.1. The number of aromatic nitrogens is 1. The second kappa shape index (κ2) is 4.61. The Kier molecular flexibility index (Phi) is 3.00. The maximum Gasteiger partial charge on any atom is 0.386 e. The Hall–Kier alpha value is -2.43. The molecule has 0 aliphatic rings. The van der Waals surface area contributed by atoms with Gasteiger partial charge in [0, 0.05) is 0 Å². The van der Waals surface area contributed by atoms with Crippen molar-refractivity contribution in [3.8, 4) is 0 Å². The van der Waals surface area contributed by atoms with Crippen LogP contribution in [0, 0.1) is 10.1 Å². The lowest BCUT2D eigenvalue weighted by atomic mass is 10.0. The number of hydrogen-bond acceptors (Lipinski definition) is 4. The third kappa shape index (κ3) is 2.39. The number of nitrogen functional groups attached to an aromatic ring is 1. The highest BCUT2D eigenvalue weighted by Crippen LogP contribution is 2.23. The fourth-order valence-corrected chi connectivity index (χ4v) is 1.62. The number of nitrogens with zero attached hydrogens (tertiary/aromatic N) is 2. The molecule has 2 N–H and O–H groups in total. The van der Waals surface area contributed by atoms with Crippen LogP contribution in [0.5, 0.6) is 0 Å². The van der Waals surface area contributed by atoms with Crippen LogP contribution in [0.1, 0.15) is 11.1 Å². The van der Waals surface area contributed by atoms with Crippen LogP contribution < -0.4 is 5.73 Å². The van der Waals surface area contributed by atoms with E-state index >= 15 is 0 Å². The fraction of sp³-hybridized carbons (Fsp3) is 0.0833. The zero-order valence-corrected chi connectivity index (χ0v) is 9.04. The molecule has 1 aromatic heterocycles. The lowest BCUT2D eigenvalue weighted by Gasteiger charge is -2.04. The molecule has 0 aliphatic carbocycles. The minimum Gasteiger partial charge on any atom is -0.392 e. The first-order chi connectivity index (χ1) is 8.18. The molecule has 5 heteroatoms. The van der Waals surface area contributed by atoms with E-state index < -0.39 is 4.92 Å². The van der Waals surface area contributed by atoms with Crippen molar-refractivity contribution in [2.45, 2.75) is 6.42 Å². The number of nitro groups is 1. The highest BCUT2D eigenvalue weighted by atomic mass is 16.6. The number of benzene rings is 1. The van der Waals surface area contributed by atoms with Crippen molar-refractivity contribution in [1.82, 2.24) is 4.98 Å². The molecule has 0 aliphatic heterocycles. The van der Waals surface area contributed by atoms with Crippen molar-refractivity contribution in [3.05, 3.63) is 63.8 Å². The SMILES string of the molecule is Nc1c(Cc2ccccc2)ccnc1[N+](=O)[O-]. The average molecular weight is 229 g/mol. The van der Waals surface area contributed by atoms with Crippen molar-refractivity contribution in [2.24, 2.45) is 0 Å². The summed E-state index contributed by atoms with van der Waals surface area (Å²) in [6, 6.07) is 11.4. The molecule has 0 bridgehead atoms. The van der Waals surface area contributed by atoms with E-state index in [1.165, 1.54) is 6.20 Å². The van der Waals surface area contributed by atoms with Crippen LogP contribution in [-0.2, 0) is 6.42 Å². The van der Waals surface area contributed by atoms with Crippen LogP contribution in [0.25, 0.3) is 0 Å². The highest BCUT2D eigenvalue weighted by molar-refractivity contribution is 5.59. The second-order valence-corrected chi connectivity index (χ2v) is 3.63. The Morgan fingerprint density at radius 2 is 1.94 bits per heavy atom. The summed E-state index contributed by atoms with van der Waals surface area (Å²) in [5, 5.41) is 10.7. The topological polar surface area (TPSA) is 82.0 Å². The van der Waals surface area contributed by atoms with Gasteiger partial charge in [-0.2, -0.15) is 0 Å². The number of hydrogen-bond donors (Lipinski definition) is 1. The third-order valence-corrected chi connectivity index (χ3v) is 2.47.